The molecule has 0 saturated heterocycles. The fraction of sp³-hybridized carbons (Fsp3) is 0.214. The lowest BCUT2D eigenvalue weighted by Crippen LogP contribution is -2.38. The molecule has 0 saturated carbocycles. The van der Waals surface area contributed by atoms with Crippen LogP contribution in [0, 0.1) is 0 Å². The number of rotatable bonds is 5. The van der Waals surface area contributed by atoms with Crippen molar-refractivity contribution in [1.29, 1.82) is 0 Å². The lowest BCUT2D eigenvalue weighted by atomic mass is 10.1. The van der Waals surface area contributed by atoms with Crippen LogP contribution in [-0.4, -0.2) is 33.3 Å². The van der Waals surface area contributed by atoms with Crippen molar-refractivity contribution in [1.82, 2.24) is 20.6 Å². The van der Waals surface area contributed by atoms with E-state index in [0.717, 1.165) is 18.3 Å². The monoisotopic (exact) mass is 370 g/mol. The van der Waals surface area contributed by atoms with Gasteiger partial charge in [0.25, 0.3) is 11.5 Å². The van der Waals surface area contributed by atoms with E-state index >= 15 is 0 Å². The van der Waals surface area contributed by atoms with Gasteiger partial charge in [-0.3, -0.25) is 14.6 Å². The molecule has 2 aromatic rings. The number of amides is 1. The number of aromatic amines is 2. The van der Waals surface area contributed by atoms with Gasteiger partial charge in [0.05, 0.1) is 11.8 Å². The SMILES string of the molecule is CC(Nc1n[nH]c(=O)[nH]c1=O)C(=O)NN=Cc1ccc(C(F)(F)F)cc1. The van der Waals surface area contributed by atoms with Crippen LogP contribution in [0.3, 0.4) is 0 Å². The summed E-state index contributed by atoms with van der Waals surface area (Å²) in [4.78, 5) is 36.1. The number of hydrazone groups is 1. The summed E-state index contributed by atoms with van der Waals surface area (Å²) in [6, 6.07) is 3.25. The third-order valence-electron chi connectivity index (χ3n) is 3.08. The largest absolute Gasteiger partial charge is 0.416 e. The Balaban J connectivity index is 1.93. The summed E-state index contributed by atoms with van der Waals surface area (Å²) in [7, 11) is 0. The maximum absolute atomic E-state index is 12.4. The molecule has 1 aromatic heterocycles. The minimum atomic E-state index is -4.43. The molecule has 2 rings (SSSR count). The smallest absolute Gasteiger partial charge is 0.353 e. The highest BCUT2D eigenvalue weighted by Gasteiger charge is 2.29. The fourth-order valence-corrected chi connectivity index (χ4v) is 1.74. The number of anilines is 1. The Morgan fingerprint density at radius 3 is 2.50 bits per heavy atom. The Kier molecular flexibility index (Phi) is 5.54. The van der Waals surface area contributed by atoms with E-state index in [0.29, 0.717) is 5.56 Å². The lowest BCUT2D eigenvalue weighted by Gasteiger charge is -2.11. The van der Waals surface area contributed by atoms with Crippen molar-refractivity contribution in [2.45, 2.75) is 19.1 Å². The number of H-pyrrole nitrogens is 2. The van der Waals surface area contributed by atoms with Crippen LogP contribution in [-0.2, 0) is 11.0 Å². The van der Waals surface area contributed by atoms with E-state index < -0.39 is 34.9 Å². The van der Waals surface area contributed by atoms with Crippen molar-refractivity contribution in [3.63, 3.8) is 0 Å². The van der Waals surface area contributed by atoms with E-state index in [1.807, 2.05) is 10.1 Å². The molecular weight excluding hydrogens is 357 g/mol. The molecule has 12 heteroatoms. The first-order valence-corrected chi connectivity index (χ1v) is 7.12. The van der Waals surface area contributed by atoms with E-state index in [9.17, 15) is 27.6 Å². The molecule has 9 nitrogen and oxygen atoms in total. The third kappa shape index (κ3) is 5.03. The molecule has 1 heterocycles. The van der Waals surface area contributed by atoms with E-state index in [1.54, 1.807) is 0 Å². The molecular formula is C14H13F3N6O3. The molecule has 4 N–H and O–H groups in total. The first kappa shape index (κ1) is 18.9. The van der Waals surface area contributed by atoms with Crippen LogP contribution < -0.4 is 22.0 Å². The zero-order valence-electron chi connectivity index (χ0n) is 13.2. The number of nitrogens with zero attached hydrogens (tertiary/aromatic N) is 2. The fourth-order valence-electron chi connectivity index (χ4n) is 1.74. The normalized spacial score (nSPS) is 12.8. The zero-order valence-corrected chi connectivity index (χ0v) is 13.2. The summed E-state index contributed by atoms with van der Waals surface area (Å²) in [6.45, 7) is 1.41. The van der Waals surface area contributed by atoms with Crippen molar-refractivity contribution in [3.05, 3.63) is 56.2 Å². The molecule has 0 spiro atoms. The standard InChI is InChI=1S/C14H13F3N6O3/c1-7(19-10-12(25)20-13(26)23-21-10)11(24)22-18-6-8-2-4-9(5-3-8)14(15,16)17/h2-7H,1H3,(H,19,21)(H,22,24)(H2,20,23,25,26). The van der Waals surface area contributed by atoms with Crippen molar-refractivity contribution in [2.24, 2.45) is 5.10 Å². The molecule has 1 aromatic carbocycles. The van der Waals surface area contributed by atoms with Gasteiger partial charge in [0.15, 0.2) is 0 Å². The molecule has 26 heavy (non-hydrogen) atoms. The van der Waals surface area contributed by atoms with Gasteiger partial charge < -0.3 is 5.32 Å². The molecule has 1 amide bonds. The third-order valence-corrected chi connectivity index (χ3v) is 3.08. The molecule has 138 valence electrons. The predicted molar refractivity (Wildman–Crippen MR) is 85.7 cm³/mol. The zero-order chi connectivity index (χ0) is 19.3. The van der Waals surface area contributed by atoms with Crippen molar-refractivity contribution in [3.8, 4) is 0 Å². The van der Waals surface area contributed by atoms with Gasteiger partial charge in [0.1, 0.15) is 6.04 Å². The summed E-state index contributed by atoms with van der Waals surface area (Å²) < 4.78 is 37.3. The van der Waals surface area contributed by atoms with E-state index in [2.05, 4.69) is 20.9 Å². The number of nitrogens with one attached hydrogen (secondary N) is 4. The van der Waals surface area contributed by atoms with Gasteiger partial charge >= 0.3 is 11.9 Å². The summed E-state index contributed by atoms with van der Waals surface area (Å²) in [5, 5.41) is 11.5. The second kappa shape index (κ2) is 7.63. The van der Waals surface area contributed by atoms with Crippen molar-refractivity contribution < 1.29 is 18.0 Å². The van der Waals surface area contributed by atoms with Crippen LogP contribution in [0.15, 0.2) is 39.0 Å². The van der Waals surface area contributed by atoms with Crippen LogP contribution in [0.2, 0.25) is 0 Å². The molecule has 1 unspecified atom stereocenters. The summed E-state index contributed by atoms with van der Waals surface area (Å²) in [6.07, 6.45) is -3.27. The van der Waals surface area contributed by atoms with Gasteiger partial charge in [-0.25, -0.2) is 15.3 Å². The van der Waals surface area contributed by atoms with Crippen LogP contribution in [0.5, 0.6) is 0 Å². The predicted octanol–water partition coefficient (Wildman–Crippen LogP) is 0.428. The van der Waals surface area contributed by atoms with Gasteiger partial charge in [-0.05, 0) is 24.6 Å². The Hall–Kier alpha value is -3.44. The molecule has 0 aliphatic carbocycles. The molecule has 0 radical (unpaired) electrons. The number of carbonyl (C=O) groups excluding carboxylic acids is 1. The quantitative estimate of drug-likeness (QED) is 0.448. The van der Waals surface area contributed by atoms with Gasteiger partial charge in [-0.2, -0.15) is 18.3 Å². The summed E-state index contributed by atoms with van der Waals surface area (Å²) in [5.41, 5.74) is 0.113. The summed E-state index contributed by atoms with van der Waals surface area (Å²) >= 11 is 0. The van der Waals surface area contributed by atoms with E-state index in [-0.39, 0.29) is 5.82 Å². The average Bonchev–Trinajstić information content (AvgIpc) is 2.57. The van der Waals surface area contributed by atoms with Gasteiger partial charge in [0, 0.05) is 0 Å². The number of aromatic nitrogens is 3. The van der Waals surface area contributed by atoms with E-state index in [4.69, 9.17) is 0 Å². The van der Waals surface area contributed by atoms with Crippen LogP contribution in [0.25, 0.3) is 0 Å². The van der Waals surface area contributed by atoms with Gasteiger partial charge in [-0.15, -0.1) is 5.10 Å². The second-order valence-electron chi connectivity index (χ2n) is 5.08. The molecule has 0 aliphatic rings. The molecule has 0 fully saturated rings. The number of halogens is 3. The first-order valence-electron chi connectivity index (χ1n) is 7.12. The van der Waals surface area contributed by atoms with Crippen LogP contribution >= 0.6 is 0 Å². The Labute approximate surface area is 143 Å². The van der Waals surface area contributed by atoms with Gasteiger partial charge in [-0.1, -0.05) is 12.1 Å². The topological polar surface area (TPSA) is 132 Å². The minimum Gasteiger partial charge on any atom is -0.353 e. The van der Waals surface area contributed by atoms with Crippen LogP contribution in [0.4, 0.5) is 19.0 Å². The number of hydrogen-bond acceptors (Lipinski definition) is 6. The minimum absolute atomic E-state index is 0.265. The molecule has 0 bridgehead atoms. The Morgan fingerprint density at radius 2 is 1.92 bits per heavy atom. The maximum Gasteiger partial charge on any atom is 0.416 e. The Bertz CT molecular complexity index is 917. The highest BCUT2D eigenvalue weighted by atomic mass is 19.4. The van der Waals surface area contributed by atoms with Crippen LogP contribution in [0.1, 0.15) is 18.1 Å². The number of alkyl halides is 3. The average molecular weight is 370 g/mol. The van der Waals surface area contributed by atoms with Crippen molar-refractivity contribution >= 4 is 17.9 Å². The second-order valence-corrected chi connectivity index (χ2v) is 5.08. The highest BCUT2D eigenvalue weighted by Crippen LogP contribution is 2.28. The van der Waals surface area contributed by atoms with Crippen molar-refractivity contribution in [2.75, 3.05) is 5.32 Å². The lowest BCUT2D eigenvalue weighted by molar-refractivity contribution is -0.137. The number of hydrogen-bond donors (Lipinski definition) is 4. The molecule has 0 aliphatic heterocycles. The number of benzene rings is 1. The summed E-state index contributed by atoms with van der Waals surface area (Å²) in [5.74, 6) is -0.903. The first-order chi connectivity index (χ1) is 12.2. The molecule has 1 atom stereocenters. The van der Waals surface area contributed by atoms with E-state index in [1.165, 1.54) is 19.1 Å². The Morgan fingerprint density at radius 1 is 1.27 bits per heavy atom. The van der Waals surface area contributed by atoms with Gasteiger partial charge in [0.2, 0.25) is 5.82 Å². The highest BCUT2D eigenvalue weighted by molar-refractivity contribution is 5.86. The number of carbonyl (C=O) groups is 1. The maximum atomic E-state index is 12.4.